The van der Waals surface area contributed by atoms with Crippen LogP contribution in [0.3, 0.4) is 0 Å². The van der Waals surface area contributed by atoms with Gasteiger partial charge < -0.3 is 15.3 Å². The summed E-state index contributed by atoms with van der Waals surface area (Å²) >= 11 is 3.57. The minimum Gasteiger partial charge on any atom is -0.361 e. The Balaban J connectivity index is 1.57. The maximum atomic E-state index is 13.5. The van der Waals surface area contributed by atoms with E-state index in [9.17, 15) is 13.2 Å². The van der Waals surface area contributed by atoms with Crippen molar-refractivity contribution in [2.24, 2.45) is 0 Å². The monoisotopic (exact) mass is 562 g/mol. The third kappa shape index (κ3) is 3.84. The molecule has 182 valence electrons. The number of aromatic amines is 2. The van der Waals surface area contributed by atoms with Crippen molar-refractivity contribution in [1.29, 1.82) is 0 Å². The van der Waals surface area contributed by atoms with Crippen molar-refractivity contribution in [3.8, 4) is 0 Å². The molecule has 5 aromatic rings. The quantitative estimate of drug-likeness (QED) is 0.249. The van der Waals surface area contributed by atoms with Gasteiger partial charge in [-0.2, -0.15) is 0 Å². The van der Waals surface area contributed by atoms with Crippen molar-refractivity contribution in [2.45, 2.75) is 23.8 Å². The molecule has 6 rings (SSSR count). The van der Waals surface area contributed by atoms with Crippen molar-refractivity contribution in [3.05, 3.63) is 99.8 Å². The van der Waals surface area contributed by atoms with Gasteiger partial charge in [-0.25, -0.2) is 13.1 Å². The zero-order chi connectivity index (χ0) is 25.0. The molecule has 2 atom stereocenters. The summed E-state index contributed by atoms with van der Waals surface area (Å²) in [4.78, 5) is 20.0. The highest BCUT2D eigenvalue weighted by Gasteiger charge is 2.38. The number of carbonyl (C=O) groups is 1. The van der Waals surface area contributed by atoms with E-state index in [1.165, 1.54) is 0 Å². The molecule has 0 spiro atoms. The van der Waals surface area contributed by atoms with Gasteiger partial charge in [-0.1, -0.05) is 51.8 Å². The Morgan fingerprint density at radius 3 is 2.56 bits per heavy atom. The molecule has 0 unspecified atom stereocenters. The number of hydrogen-bond donors (Lipinski definition) is 4. The first-order valence-corrected chi connectivity index (χ1v) is 13.8. The minimum atomic E-state index is -3.87. The van der Waals surface area contributed by atoms with Crippen LogP contribution in [0.5, 0.6) is 0 Å². The molecule has 4 N–H and O–H groups in total. The SMILES string of the molecule is Cc1ccc(S(=O)(=O)N[C@H]2CNC(=O)c3[nH]c4ccccc4c3[C@@H]2c2c[nH]c3ccc(Br)cc23)cc1. The summed E-state index contributed by atoms with van der Waals surface area (Å²) in [6.07, 6.45) is 1.91. The molecule has 0 saturated carbocycles. The number of hydrogen-bond acceptors (Lipinski definition) is 3. The molecule has 3 heterocycles. The lowest BCUT2D eigenvalue weighted by Gasteiger charge is -2.27. The van der Waals surface area contributed by atoms with E-state index in [0.717, 1.165) is 43.0 Å². The number of aromatic nitrogens is 2. The first kappa shape index (κ1) is 23.0. The zero-order valence-corrected chi connectivity index (χ0v) is 21.7. The van der Waals surface area contributed by atoms with Crippen molar-refractivity contribution in [1.82, 2.24) is 20.0 Å². The minimum absolute atomic E-state index is 0.131. The van der Waals surface area contributed by atoms with Crippen molar-refractivity contribution in [3.63, 3.8) is 0 Å². The second-order valence-electron chi connectivity index (χ2n) is 9.12. The van der Waals surface area contributed by atoms with Gasteiger partial charge in [0.25, 0.3) is 5.91 Å². The van der Waals surface area contributed by atoms with Crippen LogP contribution in [0.1, 0.15) is 33.1 Å². The van der Waals surface area contributed by atoms with Gasteiger partial charge in [0.1, 0.15) is 5.69 Å². The van der Waals surface area contributed by atoms with Gasteiger partial charge in [0, 0.05) is 44.9 Å². The van der Waals surface area contributed by atoms with Crippen LogP contribution in [0.2, 0.25) is 0 Å². The average molecular weight is 563 g/mol. The van der Waals surface area contributed by atoms with Crippen LogP contribution < -0.4 is 10.0 Å². The number of amides is 1. The lowest BCUT2D eigenvalue weighted by atomic mass is 9.84. The fourth-order valence-electron chi connectivity index (χ4n) is 5.11. The number of benzene rings is 3. The van der Waals surface area contributed by atoms with E-state index in [0.29, 0.717) is 5.69 Å². The van der Waals surface area contributed by atoms with E-state index in [-0.39, 0.29) is 17.3 Å². The summed E-state index contributed by atoms with van der Waals surface area (Å²) < 4.78 is 30.8. The molecule has 7 nitrogen and oxygen atoms in total. The smallest absolute Gasteiger partial charge is 0.268 e. The van der Waals surface area contributed by atoms with Crippen molar-refractivity contribution < 1.29 is 13.2 Å². The second-order valence-corrected chi connectivity index (χ2v) is 11.8. The molecule has 0 radical (unpaired) electrons. The van der Waals surface area contributed by atoms with Crippen LogP contribution in [0, 0.1) is 6.92 Å². The summed E-state index contributed by atoms with van der Waals surface area (Å²) in [5.41, 5.74) is 4.86. The topological polar surface area (TPSA) is 107 Å². The van der Waals surface area contributed by atoms with E-state index >= 15 is 0 Å². The molecular weight excluding hydrogens is 540 g/mol. The molecule has 1 amide bonds. The molecule has 0 bridgehead atoms. The normalized spacial score (nSPS) is 18.2. The third-order valence-corrected chi connectivity index (χ3v) is 8.82. The third-order valence-electron chi connectivity index (χ3n) is 6.82. The van der Waals surface area contributed by atoms with Crippen molar-refractivity contribution >= 4 is 53.7 Å². The molecule has 0 saturated heterocycles. The zero-order valence-electron chi connectivity index (χ0n) is 19.3. The van der Waals surface area contributed by atoms with Crippen LogP contribution in [-0.2, 0) is 10.0 Å². The maximum absolute atomic E-state index is 13.5. The molecule has 2 aromatic heterocycles. The Hall–Kier alpha value is -3.40. The Morgan fingerprint density at radius 1 is 0.972 bits per heavy atom. The molecule has 3 aromatic carbocycles. The molecule has 36 heavy (non-hydrogen) atoms. The average Bonchev–Trinajstić information content (AvgIpc) is 3.41. The van der Waals surface area contributed by atoms with E-state index in [4.69, 9.17) is 0 Å². The van der Waals surface area contributed by atoms with Gasteiger partial charge in [0.05, 0.1) is 10.9 Å². The highest BCUT2D eigenvalue weighted by molar-refractivity contribution is 9.10. The number of rotatable bonds is 4. The number of para-hydroxylation sites is 1. The van der Waals surface area contributed by atoms with Gasteiger partial charge in [0.15, 0.2) is 0 Å². The van der Waals surface area contributed by atoms with Crippen LogP contribution in [0.25, 0.3) is 21.8 Å². The molecular formula is C27H23BrN4O3S. The summed E-state index contributed by atoms with van der Waals surface area (Å²) in [5, 5.41) is 4.78. The second kappa shape index (κ2) is 8.62. The van der Waals surface area contributed by atoms with Crippen LogP contribution in [-0.4, -0.2) is 36.9 Å². The number of sulfonamides is 1. The number of carbonyl (C=O) groups excluding carboxylic acids is 1. The van der Waals surface area contributed by atoms with Gasteiger partial charge >= 0.3 is 0 Å². The number of aryl methyl sites for hydroxylation is 1. The number of H-pyrrole nitrogens is 2. The summed E-state index contributed by atoms with van der Waals surface area (Å²) in [7, 11) is -3.87. The number of nitrogens with one attached hydrogen (secondary N) is 4. The standard InChI is InChI=1S/C27H23BrN4O3S/c1-15-6-9-17(10-7-15)36(34,35)32-23-14-30-27(33)26-25(18-4-2-3-5-22(18)31-26)24(23)20-13-29-21-11-8-16(28)12-19(20)21/h2-13,23-24,29,31-32H,14H2,1H3,(H,30,33)/t23-,24+/m0/s1. The maximum Gasteiger partial charge on any atom is 0.268 e. The Bertz CT molecular complexity index is 1740. The molecule has 1 aliphatic heterocycles. The highest BCUT2D eigenvalue weighted by Crippen LogP contribution is 2.41. The van der Waals surface area contributed by atoms with Gasteiger partial charge in [-0.05, 0) is 54.4 Å². The van der Waals surface area contributed by atoms with E-state index in [2.05, 4.69) is 35.9 Å². The fourth-order valence-corrected chi connectivity index (χ4v) is 6.72. The summed E-state index contributed by atoms with van der Waals surface area (Å²) in [5.74, 6) is -0.706. The lowest BCUT2D eigenvalue weighted by Crippen LogP contribution is -2.45. The Kier molecular flexibility index (Phi) is 5.51. The predicted molar refractivity (Wildman–Crippen MR) is 144 cm³/mol. The largest absolute Gasteiger partial charge is 0.361 e. The Morgan fingerprint density at radius 2 is 1.75 bits per heavy atom. The van der Waals surface area contributed by atoms with Crippen LogP contribution in [0.15, 0.2) is 82.3 Å². The van der Waals surface area contributed by atoms with E-state index in [1.807, 2.05) is 55.6 Å². The fraction of sp³-hybridized carbons (Fsp3) is 0.148. The van der Waals surface area contributed by atoms with Crippen LogP contribution >= 0.6 is 15.9 Å². The Labute approximate surface area is 216 Å². The molecule has 0 fully saturated rings. The summed E-state index contributed by atoms with van der Waals surface area (Å²) in [6, 6.07) is 19.8. The number of fused-ring (bicyclic) bond motifs is 4. The summed E-state index contributed by atoms with van der Waals surface area (Å²) in [6.45, 7) is 2.04. The first-order chi connectivity index (χ1) is 17.3. The van der Waals surface area contributed by atoms with Gasteiger partial charge in [0.2, 0.25) is 10.0 Å². The lowest BCUT2D eigenvalue weighted by molar-refractivity contribution is 0.0950. The molecule has 1 aliphatic rings. The van der Waals surface area contributed by atoms with E-state index in [1.54, 1.807) is 24.3 Å². The van der Waals surface area contributed by atoms with Crippen molar-refractivity contribution in [2.75, 3.05) is 6.54 Å². The van der Waals surface area contributed by atoms with Gasteiger partial charge in [-0.15, -0.1) is 0 Å². The molecule has 9 heteroatoms. The van der Waals surface area contributed by atoms with Crippen LogP contribution in [0.4, 0.5) is 0 Å². The molecule has 0 aliphatic carbocycles. The highest BCUT2D eigenvalue weighted by atomic mass is 79.9. The first-order valence-electron chi connectivity index (χ1n) is 11.6. The predicted octanol–water partition coefficient (Wildman–Crippen LogP) is 4.94. The van der Waals surface area contributed by atoms with E-state index < -0.39 is 22.0 Å². The van der Waals surface area contributed by atoms with Gasteiger partial charge in [-0.3, -0.25) is 4.79 Å². The number of halogens is 1.